The van der Waals surface area contributed by atoms with Crippen LogP contribution in [0.4, 0.5) is 10.5 Å². The molecule has 3 rings (SSSR count). The summed E-state index contributed by atoms with van der Waals surface area (Å²) in [4.78, 5) is 33.5. The maximum atomic E-state index is 12.3. The molecule has 3 amide bonds. The minimum Gasteiger partial charge on any atom is -0.431 e. The van der Waals surface area contributed by atoms with Crippen molar-refractivity contribution in [1.82, 2.24) is 10.3 Å². The second-order valence-corrected chi connectivity index (χ2v) is 6.61. The molecule has 1 aromatic heterocycles. The lowest BCUT2D eigenvalue weighted by atomic mass is 9.85. The Morgan fingerprint density at radius 3 is 2.72 bits per heavy atom. The number of anilines is 1. The summed E-state index contributed by atoms with van der Waals surface area (Å²) < 4.78 is 5.69. The van der Waals surface area contributed by atoms with Crippen LogP contribution in [0.5, 0.6) is 10.9 Å². The van der Waals surface area contributed by atoms with Crippen LogP contribution in [0.3, 0.4) is 0 Å². The number of imide groups is 1. The van der Waals surface area contributed by atoms with Crippen LogP contribution in [0.2, 0.25) is 0 Å². The fraction of sp³-hybridized carbons (Fsp3) is 0.353. The molecule has 132 valence electrons. The Morgan fingerprint density at radius 2 is 2.16 bits per heavy atom. The number of thiazole rings is 1. The summed E-state index contributed by atoms with van der Waals surface area (Å²) in [5.41, 5.74) is 1.32. The molecule has 1 saturated carbocycles. The molecule has 0 spiro atoms. The first kappa shape index (κ1) is 17.4. The van der Waals surface area contributed by atoms with E-state index in [9.17, 15) is 9.59 Å². The molecule has 0 atom stereocenters. The van der Waals surface area contributed by atoms with Gasteiger partial charge in [0, 0.05) is 17.5 Å². The number of hydrogen-bond acceptors (Lipinski definition) is 6. The van der Waals surface area contributed by atoms with Gasteiger partial charge < -0.3 is 4.74 Å². The first-order chi connectivity index (χ1) is 12.1. The van der Waals surface area contributed by atoms with Gasteiger partial charge in [-0.25, -0.2) is 9.78 Å². The second-order valence-electron chi connectivity index (χ2n) is 5.75. The van der Waals surface area contributed by atoms with Crippen LogP contribution in [0.1, 0.15) is 24.8 Å². The summed E-state index contributed by atoms with van der Waals surface area (Å²) in [5.74, 6) is 0.318. The molecule has 0 saturated heterocycles. The van der Waals surface area contributed by atoms with E-state index in [1.54, 1.807) is 24.4 Å². The lowest BCUT2D eigenvalue weighted by Gasteiger charge is -2.26. The quantitative estimate of drug-likeness (QED) is 0.822. The summed E-state index contributed by atoms with van der Waals surface area (Å²) >= 11 is 1.39. The van der Waals surface area contributed by atoms with Gasteiger partial charge in [-0.15, -0.1) is 0 Å². The molecule has 1 aliphatic rings. The van der Waals surface area contributed by atoms with Gasteiger partial charge >= 0.3 is 6.03 Å². The summed E-state index contributed by atoms with van der Waals surface area (Å²) in [5, 5.41) is 5.81. The van der Waals surface area contributed by atoms with Crippen molar-refractivity contribution in [1.29, 1.82) is 0 Å². The molecular formula is C17H19N3O4S. The molecule has 1 aliphatic carbocycles. The number of rotatable bonds is 5. The predicted molar refractivity (Wildman–Crippen MR) is 93.7 cm³/mol. The first-order valence-corrected chi connectivity index (χ1v) is 8.83. The van der Waals surface area contributed by atoms with Gasteiger partial charge in [0.1, 0.15) is 5.75 Å². The molecule has 1 N–H and O–H groups in total. The number of benzene rings is 1. The van der Waals surface area contributed by atoms with Crippen molar-refractivity contribution in [3.8, 4) is 10.9 Å². The smallest absolute Gasteiger partial charge is 0.352 e. The van der Waals surface area contributed by atoms with E-state index < -0.39 is 6.03 Å². The van der Waals surface area contributed by atoms with Gasteiger partial charge in [0.2, 0.25) is 5.91 Å². The standard InChI is InChI=1S/C17H19N3O4S/c1-11-10-13(6-7-14(11)24-17-18-8-9-25-17)20(23-2)16(22)19-15(21)12-4-3-5-12/h6-10,12H,3-5H2,1-2H3,(H,19,21,22). The Labute approximate surface area is 149 Å². The minimum absolute atomic E-state index is 0.0709. The average molecular weight is 361 g/mol. The summed E-state index contributed by atoms with van der Waals surface area (Å²) in [6, 6.07) is 4.57. The summed E-state index contributed by atoms with van der Waals surface area (Å²) in [6.07, 6.45) is 4.35. The molecule has 0 bridgehead atoms. The van der Waals surface area contributed by atoms with Crippen molar-refractivity contribution < 1.29 is 19.2 Å². The number of aryl methyl sites for hydroxylation is 1. The van der Waals surface area contributed by atoms with E-state index in [2.05, 4.69) is 10.3 Å². The molecule has 2 aromatic rings. The van der Waals surface area contributed by atoms with Gasteiger partial charge in [-0.3, -0.25) is 14.9 Å². The fourth-order valence-electron chi connectivity index (χ4n) is 2.46. The van der Waals surface area contributed by atoms with Crippen molar-refractivity contribution >= 4 is 29.0 Å². The zero-order chi connectivity index (χ0) is 17.8. The van der Waals surface area contributed by atoms with Gasteiger partial charge in [-0.05, 0) is 43.5 Å². The maximum absolute atomic E-state index is 12.3. The first-order valence-electron chi connectivity index (χ1n) is 7.95. The van der Waals surface area contributed by atoms with Crippen LogP contribution >= 0.6 is 11.3 Å². The van der Waals surface area contributed by atoms with E-state index >= 15 is 0 Å². The fourth-order valence-corrected chi connectivity index (χ4v) is 2.96. The monoisotopic (exact) mass is 361 g/mol. The van der Waals surface area contributed by atoms with Gasteiger partial charge in [0.05, 0.1) is 12.8 Å². The van der Waals surface area contributed by atoms with Crippen molar-refractivity contribution in [2.75, 3.05) is 12.2 Å². The molecule has 25 heavy (non-hydrogen) atoms. The third-order valence-electron chi connectivity index (χ3n) is 4.07. The van der Waals surface area contributed by atoms with E-state index in [1.165, 1.54) is 18.4 Å². The van der Waals surface area contributed by atoms with Crippen LogP contribution in [-0.2, 0) is 9.63 Å². The molecule has 8 heteroatoms. The molecule has 1 fully saturated rings. The number of nitrogens with zero attached hydrogens (tertiary/aromatic N) is 2. The number of amides is 3. The number of aromatic nitrogens is 1. The Morgan fingerprint density at radius 1 is 1.36 bits per heavy atom. The largest absolute Gasteiger partial charge is 0.431 e. The highest BCUT2D eigenvalue weighted by molar-refractivity contribution is 7.11. The molecule has 0 radical (unpaired) electrons. The van der Waals surface area contributed by atoms with Gasteiger partial charge in [0.15, 0.2) is 0 Å². The van der Waals surface area contributed by atoms with Crippen LogP contribution in [-0.4, -0.2) is 24.0 Å². The van der Waals surface area contributed by atoms with E-state index in [-0.39, 0.29) is 11.8 Å². The van der Waals surface area contributed by atoms with Crippen molar-refractivity contribution in [3.05, 3.63) is 35.3 Å². The van der Waals surface area contributed by atoms with E-state index in [4.69, 9.17) is 9.57 Å². The Kier molecular flexibility index (Phi) is 5.30. The molecule has 0 aliphatic heterocycles. The molecule has 1 heterocycles. The van der Waals surface area contributed by atoms with Crippen molar-refractivity contribution in [2.24, 2.45) is 5.92 Å². The van der Waals surface area contributed by atoms with Crippen LogP contribution < -0.4 is 15.1 Å². The number of carbonyl (C=O) groups is 2. The highest BCUT2D eigenvalue weighted by atomic mass is 32.1. The third-order valence-corrected chi connectivity index (χ3v) is 4.72. The zero-order valence-corrected chi connectivity index (χ0v) is 14.8. The zero-order valence-electron chi connectivity index (χ0n) is 14.0. The maximum Gasteiger partial charge on any atom is 0.352 e. The predicted octanol–water partition coefficient (Wildman–Crippen LogP) is 3.65. The minimum atomic E-state index is -0.604. The van der Waals surface area contributed by atoms with E-state index in [0.29, 0.717) is 16.6 Å². The highest BCUT2D eigenvalue weighted by Gasteiger charge is 2.28. The van der Waals surface area contributed by atoms with Crippen LogP contribution in [0.15, 0.2) is 29.8 Å². The SMILES string of the molecule is CON(C(=O)NC(=O)C1CCC1)c1ccc(Oc2nccs2)c(C)c1. The summed E-state index contributed by atoms with van der Waals surface area (Å²) in [7, 11) is 1.38. The Hall–Kier alpha value is -2.45. The van der Waals surface area contributed by atoms with Crippen LogP contribution in [0.25, 0.3) is 0 Å². The number of ether oxygens (including phenoxy) is 1. The van der Waals surface area contributed by atoms with Crippen LogP contribution in [0, 0.1) is 12.8 Å². The topological polar surface area (TPSA) is 80.8 Å². The number of nitrogens with one attached hydrogen (secondary N) is 1. The molecule has 1 aromatic carbocycles. The Bertz CT molecular complexity index is 759. The van der Waals surface area contributed by atoms with Gasteiger partial charge in [-0.2, -0.15) is 5.06 Å². The highest BCUT2D eigenvalue weighted by Crippen LogP contribution is 2.30. The van der Waals surface area contributed by atoms with Crippen molar-refractivity contribution in [3.63, 3.8) is 0 Å². The molecular weight excluding hydrogens is 342 g/mol. The lowest BCUT2D eigenvalue weighted by Crippen LogP contribution is -2.46. The number of urea groups is 1. The van der Waals surface area contributed by atoms with E-state index in [1.807, 2.05) is 12.3 Å². The number of hydroxylamine groups is 1. The van der Waals surface area contributed by atoms with Gasteiger partial charge in [-0.1, -0.05) is 17.8 Å². The third kappa shape index (κ3) is 3.97. The number of hydrogen-bond donors (Lipinski definition) is 1. The van der Waals surface area contributed by atoms with E-state index in [0.717, 1.165) is 29.9 Å². The molecule has 0 unspecified atom stereocenters. The number of carbonyl (C=O) groups excluding carboxylic acids is 2. The van der Waals surface area contributed by atoms with Gasteiger partial charge in [0.25, 0.3) is 5.19 Å². The average Bonchev–Trinajstić information content (AvgIpc) is 3.01. The Balaban J connectivity index is 1.70. The molecule has 7 nitrogen and oxygen atoms in total. The lowest BCUT2D eigenvalue weighted by molar-refractivity contribution is -0.126. The van der Waals surface area contributed by atoms with Crippen molar-refractivity contribution in [2.45, 2.75) is 26.2 Å². The second kappa shape index (κ2) is 7.62. The normalized spacial score (nSPS) is 13.8. The summed E-state index contributed by atoms with van der Waals surface area (Å²) in [6.45, 7) is 1.86.